The van der Waals surface area contributed by atoms with Crippen LogP contribution in [0.15, 0.2) is 23.2 Å². The Bertz CT molecular complexity index is 577. The van der Waals surface area contributed by atoms with Gasteiger partial charge in [-0.2, -0.15) is 0 Å². The minimum atomic E-state index is 0. The van der Waals surface area contributed by atoms with Gasteiger partial charge in [-0.3, -0.25) is 9.89 Å². The fourth-order valence-electron chi connectivity index (χ4n) is 3.13. The van der Waals surface area contributed by atoms with Crippen LogP contribution in [0, 0.1) is 12.8 Å². The third kappa shape index (κ3) is 8.66. The van der Waals surface area contributed by atoms with Gasteiger partial charge in [0.1, 0.15) is 5.75 Å². The predicted molar refractivity (Wildman–Crippen MR) is 123 cm³/mol. The third-order valence-corrected chi connectivity index (χ3v) is 4.69. The predicted octanol–water partition coefficient (Wildman–Crippen LogP) is 2.30. The zero-order valence-electron chi connectivity index (χ0n) is 17.1. The highest BCUT2D eigenvalue weighted by Crippen LogP contribution is 2.18. The van der Waals surface area contributed by atoms with E-state index in [1.165, 1.54) is 5.56 Å². The average Bonchev–Trinajstić information content (AvgIpc) is 2.66. The Hall–Kier alpha value is -1.06. The van der Waals surface area contributed by atoms with Gasteiger partial charge in [-0.25, -0.2) is 0 Å². The van der Waals surface area contributed by atoms with E-state index in [0.29, 0.717) is 5.92 Å². The van der Waals surface area contributed by atoms with Crippen LogP contribution in [0.1, 0.15) is 18.1 Å². The van der Waals surface area contributed by atoms with Crippen molar-refractivity contribution in [2.75, 3.05) is 60.1 Å². The minimum absolute atomic E-state index is 0. The summed E-state index contributed by atoms with van der Waals surface area (Å²) in [5.74, 6) is 2.37. The normalized spacial score (nSPS) is 16.4. The van der Waals surface area contributed by atoms with Crippen molar-refractivity contribution in [1.82, 2.24) is 15.5 Å². The van der Waals surface area contributed by atoms with Gasteiger partial charge in [0.15, 0.2) is 5.96 Å². The number of aliphatic imine (C=N–C) groups is 1. The lowest BCUT2D eigenvalue weighted by molar-refractivity contribution is 0.0320. The van der Waals surface area contributed by atoms with Gasteiger partial charge in [0.05, 0.1) is 20.3 Å². The van der Waals surface area contributed by atoms with Gasteiger partial charge in [-0.05, 0) is 36.5 Å². The smallest absolute Gasteiger partial charge is 0.190 e. The molecular weight excluding hydrogens is 455 g/mol. The Morgan fingerprint density at radius 2 is 2.04 bits per heavy atom. The maximum Gasteiger partial charge on any atom is 0.190 e. The van der Waals surface area contributed by atoms with Crippen LogP contribution >= 0.6 is 24.0 Å². The Kier molecular flexibility index (Phi) is 11.7. The summed E-state index contributed by atoms with van der Waals surface area (Å²) in [6, 6.07) is 6.37. The van der Waals surface area contributed by atoms with E-state index in [4.69, 9.17) is 9.47 Å². The summed E-state index contributed by atoms with van der Waals surface area (Å²) < 4.78 is 10.8. The third-order valence-electron chi connectivity index (χ3n) is 4.69. The van der Waals surface area contributed by atoms with E-state index in [-0.39, 0.29) is 24.0 Å². The van der Waals surface area contributed by atoms with Crippen LogP contribution in [0.2, 0.25) is 0 Å². The molecule has 1 heterocycles. The van der Waals surface area contributed by atoms with Crippen LogP contribution in [0.4, 0.5) is 0 Å². The molecule has 1 unspecified atom stereocenters. The molecule has 6 nitrogen and oxygen atoms in total. The number of ether oxygens (including phenoxy) is 2. The highest BCUT2D eigenvalue weighted by molar-refractivity contribution is 14.0. The van der Waals surface area contributed by atoms with Crippen molar-refractivity contribution in [2.45, 2.75) is 20.3 Å². The molecule has 0 radical (unpaired) electrons. The molecule has 0 aromatic heterocycles. The quantitative estimate of drug-likeness (QED) is 0.333. The maximum absolute atomic E-state index is 5.40. The number of morpholine rings is 1. The minimum Gasteiger partial charge on any atom is -0.496 e. The molecular formula is C20H35IN4O2. The van der Waals surface area contributed by atoms with Crippen molar-refractivity contribution in [3.63, 3.8) is 0 Å². The van der Waals surface area contributed by atoms with Crippen LogP contribution in [0.5, 0.6) is 5.75 Å². The Morgan fingerprint density at radius 3 is 2.70 bits per heavy atom. The number of benzene rings is 1. The molecule has 7 heteroatoms. The van der Waals surface area contributed by atoms with Gasteiger partial charge >= 0.3 is 0 Å². The van der Waals surface area contributed by atoms with Crippen LogP contribution in [-0.4, -0.2) is 71.0 Å². The van der Waals surface area contributed by atoms with Crippen molar-refractivity contribution in [3.8, 4) is 5.75 Å². The lowest BCUT2D eigenvalue weighted by atomic mass is 10.1. The van der Waals surface area contributed by atoms with Gasteiger partial charge in [-0.15, -0.1) is 24.0 Å². The first kappa shape index (κ1) is 24.0. The van der Waals surface area contributed by atoms with E-state index < -0.39 is 0 Å². The van der Waals surface area contributed by atoms with Crippen molar-refractivity contribution < 1.29 is 9.47 Å². The molecule has 0 spiro atoms. The molecule has 2 rings (SSSR count). The highest BCUT2D eigenvalue weighted by Gasteiger charge is 2.13. The molecule has 0 aliphatic carbocycles. The molecule has 0 amide bonds. The second kappa shape index (κ2) is 13.2. The van der Waals surface area contributed by atoms with E-state index in [1.807, 2.05) is 7.05 Å². The number of nitrogens with zero attached hydrogens (tertiary/aromatic N) is 2. The summed E-state index contributed by atoms with van der Waals surface area (Å²) in [4.78, 5) is 6.79. The van der Waals surface area contributed by atoms with Gasteiger partial charge in [0.2, 0.25) is 0 Å². The summed E-state index contributed by atoms with van der Waals surface area (Å²) in [6.07, 6.45) is 0.931. The van der Waals surface area contributed by atoms with E-state index in [2.05, 4.69) is 52.6 Å². The molecule has 1 aliphatic rings. The topological polar surface area (TPSA) is 58.1 Å². The maximum atomic E-state index is 5.40. The summed E-state index contributed by atoms with van der Waals surface area (Å²) in [6.45, 7) is 11.0. The number of aryl methyl sites for hydroxylation is 1. The van der Waals surface area contributed by atoms with Crippen LogP contribution in [-0.2, 0) is 11.2 Å². The number of rotatable bonds is 8. The van der Waals surface area contributed by atoms with Gasteiger partial charge in [0.25, 0.3) is 0 Å². The first-order valence-corrected chi connectivity index (χ1v) is 9.50. The lowest BCUT2D eigenvalue weighted by Crippen LogP contribution is -2.44. The lowest BCUT2D eigenvalue weighted by Gasteiger charge is -2.29. The molecule has 2 N–H and O–H groups in total. The number of methoxy groups -OCH3 is 1. The number of guanidine groups is 1. The van der Waals surface area contributed by atoms with Crippen molar-refractivity contribution in [1.29, 1.82) is 0 Å². The van der Waals surface area contributed by atoms with Crippen LogP contribution < -0.4 is 15.4 Å². The summed E-state index contributed by atoms with van der Waals surface area (Å²) in [7, 11) is 3.53. The fraction of sp³-hybridized carbons (Fsp3) is 0.650. The number of hydrogen-bond acceptors (Lipinski definition) is 4. The van der Waals surface area contributed by atoms with E-state index in [0.717, 1.165) is 69.6 Å². The van der Waals surface area contributed by atoms with Crippen molar-refractivity contribution >= 4 is 29.9 Å². The fourth-order valence-corrected chi connectivity index (χ4v) is 3.13. The SMILES string of the molecule is CN=C(NCCc1ccc(C)c(OC)c1)NCC(C)CN1CCOCC1.I. The number of hydrogen-bond donors (Lipinski definition) is 2. The molecule has 1 aromatic carbocycles. The zero-order valence-corrected chi connectivity index (χ0v) is 19.4. The van der Waals surface area contributed by atoms with Gasteiger partial charge < -0.3 is 20.1 Å². The second-order valence-corrected chi connectivity index (χ2v) is 6.95. The molecule has 27 heavy (non-hydrogen) atoms. The van der Waals surface area contributed by atoms with Crippen molar-refractivity contribution in [2.24, 2.45) is 10.9 Å². The van der Waals surface area contributed by atoms with Crippen LogP contribution in [0.25, 0.3) is 0 Å². The molecule has 0 bridgehead atoms. The molecule has 1 atom stereocenters. The number of halogens is 1. The first-order valence-electron chi connectivity index (χ1n) is 9.50. The molecule has 1 aromatic rings. The highest BCUT2D eigenvalue weighted by atomic mass is 127. The van der Waals surface area contributed by atoms with E-state index >= 15 is 0 Å². The Morgan fingerprint density at radius 1 is 1.30 bits per heavy atom. The number of nitrogens with one attached hydrogen (secondary N) is 2. The zero-order chi connectivity index (χ0) is 18.8. The Labute approximate surface area is 181 Å². The molecule has 1 fully saturated rings. The summed E-state index contributed by atoms with van der Waals surface area (Å²) in [5, 5.41) is 6.83. The van der Waals surface area contributed by atoms with E-state index in [1.54, 1.807) is 7.11 Å². The first-order chi connectivity index (χ1) is 12.6. The molecule has 1 saturated heterocycles. The summed E-state index contributed by atoms with van der Waals surface area (Å²) in [5.41, 5.74) is 2.42. The van der Waals surface area contributed by atoms with Gasteiger partial charge in [0, 0.05) is 39.8 Å². The van der Waals surface area contributed by atoms with Gasteiger partial charge in [-0.1, -0.05) is 19.1 Å². The molecule has 154 valence electrons. The van der Waals surface area contributed by atoms with Crippen molar-refractivity contribution in [3.05, 3.63) is 29.3 Å². The summed E-state index contributed by atoms with van der Waals surface area (Å²) >= 11 is 0. The largest absolute Gasteiger partial charge is 0.496 e. The monoisotopic (exact) mass is 490 g/mol. The Balaban J connectivity index is 0.00000364. The average molecular weight is 490 g/mol. The van der Waals surface area contributed by atoms with E-state index in [9.17, 15) is 0 Å². The van der Waals surface area contributed by atoms with Crippen LogP contribution in [0.3, 0.4) is 0 Å². The second-order valence-electron chi connectivity index (χ2n) is 6.95. The standard InChI is InChI=1S/C20H34N4O2.HI/c1-16(15-24-9-11-26-12-10-24)14-23-20(21-3)22-8-7-18-6-5-17(2)19(13-18)25-4;/h5-6,13,16H,7-12,14-15H2,1-4H3,(H2,21,22,23);1H. The molecule has 0 saturated carbocycles. The molecule has 1 aliphatic heterocycles.